The molecular formula is C16H20O4. The van der Waals surface area contributed by atoms with Gasteiger partial charge in [-0.05, 0) is 51.5 Å². The number of benzene rings is 1. The fourth-order valence-electron chi connectivity index (χ4n) is 1.42. The average molecular weight is 276 g/mol. The Hall–Kier alpha value is -2.10. The van der Waals surface area contributed by atoms with E-state index in [9.17, 15) is 9.59 Å². The SMILES string of the molecule is CCOC(=O)C=Cc1ccc(C(=O)OC(C)(C)C)cc1. The van der Waals surface area contributed by atoms with Gasteiger partial charge in [-0.2, -0.15) is 0 Å². The van der Waals surface area contributed by atoms with Gasteiger partial charge in [0.25, 0.3) is 0 Å². The minimum atomic E-state index is -0.514. The molecule has 4 nitrogen and oxygen atoms in total. The number of rotatable bonds is 4. The van der Waals surface area contributed by atoms with Crippen molar-refractivity contribution >= 4 is 18.0 Å². The van der Waals surface area contributed by atoms with Crippen molar-refractivity contribution in [2.24, 2.45) is 0 Å². The Morgan fingerprint density at radius 3 is 2.25 bits per heavy atom. The highest BCUT2D eigenvalue weighted by Gasteiger charge is 2.17. The minimum absolute atomic E-state index is 0.348. The number of hydrogen-bond acceptors (Lipinski definition) is 4. The van der Waals surface area contributed by atoms with Crippen LogP contribution in [0.15, 0.2) is 30.3 Å². The normalized spacial score (nSPS) is 11.4. The first-order valence-electron chi connectivity index (χ1n) is 6.50. The number of ether oxygens (including phenoxy) is 2. The summed E-state index contributed by atoms with van der Waals surface area (Å²) in [5.74, 6) is -0.748. The molecule has 0 saturated heterocycles. The van der Waals surface area contributed by atoms with Gasteiger partial charge in [-0.25, -0.2) is 9.59 Å². The van der Waals surface area contributed by atoms with Gasteiger partial charge in [-0.3, -0.25) is 0 Å². The van der Waals surface area contributed by atoms with Crippen molar-refractivity contribution in [1.29, 1.82) is 0 Å². The van der Waals surface area contributed by atoms with Gasteiger partial charge in [0.05, 0.1) is 12.2 Å². The summed E-state index contributed by atoms with van der Waals surface area (Å²) in [5.41, 5.74) is 0.776. The van der Waals surface area contributed by atoms with Crippen molar-refractivity contribution in [1.82, 2.24) is 0 Å². The maximum Gasteiger partial charge on any atom is 0.338 e. The van der Waals surface area contributed by atoms with E-state index in [1.165, 1.54) is 6.08 Å². The van der Waals surface area contributed by atoms with Gasteiger partial charge in [-0.15, -0.1) is 0 Å². The standard InChI is InChI=1S/C16H20O4/c1-5-19-14(17)11-8-12-6-9-13(10-7-12)15(18)20-16(2,3)4/h6-11H,5H2,1-4H3. The van der Waals surface area contributed by atoms with Crippen molar-refractivity contribution in [3.8, 4) is 0 Å². The maximum atomic E-state index is 11.8. The predicted molar refractivity (Wildman–Crippen MR) is 77.3 cm³/mol. The van der Waals surface area contributed by atoms with Gasteiger partial charge in [0.15, 0.2) is 0 Å². The van der Waals surface area contributed by atoms with E-state index in [1.807, 2.05) is 20.8 Å². The van der Waals surface area contributed by atoms with Crippen LogP contribution in [0.3, 0.4) is 0 Å². The third-order valence-electron chi connectivity index (χ3n) is 2.24. The fraction of sp³-hybridized carbons (Fsp3) is 0.375. The molecule has 0 heterocycles. The van der Waals surface area contributed by atoms with E-state index < -0.39 is 5.60 Å². The van der Waals surface area contributed by atoms with Gasteiger partial charge in [-0.1, -0.05) is 12.1 Å². The lowest BCUT2D eigenvalue weighted by molar-refractivity contribution is -0.137. The Kier molecular flexibility index (Phi) is 5.50. The van der Waals surface area contributed by atoms with Crippen molar-refractivity contribution in [2.45, 2.75) is 33.3 Å². The summed E-state index contributed by atoms with van der Waals surface area (Å²) in [6.45, 7) is 7.56. The molecule has 20 heavy (non-hydrogen) atoms. The lowest BCUT2D eigenvalue weighted by Crippen LogP contribution is -2.23. The van der Waals surface area contributed by atoms with E-state index >= 15 is 0 Å². The summed E-state index contributed by atoms with van der Waals surface area (Å²) < 4.78 is 10.0. The molecule has 0 atom stereocenters. The molecule has 0 saturated carbocycles. The molecule has 4 heteroatoms. The molecule has 0 spiro atoms. The Morgan fingerprint density at radius 2 is 1.75 bits per heavy atom. The van der Waals surface area contributed by atoms with E-state index in [0.29, 0.717) is 12.2 Å². The molecule has 0 amide bonds. The summed E-state index contributed by atoms with van der Waals surface area (Å²) >= 11 is 0. The van der Waals surface area contributed by atoms with Crippen LogP contribution in [0.2, 0.25) is 0 Å². The van der Waals surface area contributed by atoms with E-state index in [2.05, 4.69) is 0 Å². The Morgan fingerprint density at radius 1 is 1.15 bits per heavy atom. The fourth-order valence-corrected chi connectivity index (χ4v) is 1.42. The first-order valence-corrected chi connectivity index (χ1v) is 6.50. The van der Waals surface area contributed by atoms with Crippen LogP contribution in [0, 0.1) is 0 Å². The summed E-state index contributed by atoms with van der Waals surface area (Å²) in [4.78, 5) is 23.0. The van der Waals surface area contributed by atoms with Crippen LogP contribution in [0.25, 0.3) is 6.08 Å². The Balaban J connectivity index is 2.69. The monoisotopic (exact) mass is 276 g/mol. The topological polar surface area (TPSA) is 52.6 Å². The molecule has 0 aliphatic rings. The van der Waals surface area contributed by atoms with Crippen molar-refractivity contribution < 1.29 is 19.1 Å². The number of carbonyl (C=O) groups excluding carboxylic acids is 2. The van der Waals surface area contributed by atoms with Gasteiger partial charge in [0.2, 0.25) is 0 Å². The van der Waals surface area contributed by atoms with Crippen molar-refractivity contribution in [2.75, 3.05) is 6.61 Å². The first kappa shape index (κ1) is 16.0. The van der Waals surface area contributed by atoms with Gasteiger partial charge in [0, 0.05) is 6.08 Å². The van der Waals surface area contributed by atoms with Crippen LogP contribution in [-0.4, -0.2) is 24.1 Å². The summed E-state index contributed by atoms with van der Waals surface area (Å²) in [6.07, 6.45) is 2.99. The van der Waals surface area contributed by atoms with E-state index in [4.69, 9.17) is 9.47 Å². The summed E-state index contributed by atoms with van der Waals surface area (Å²) in [5, 5.41) is 0. The second kappa shape index (κ2) is 6.89. The molecule has 0 radical (unpaired) electrons. The lowest BCUT2D eigenvalue weighted by atomic mass is 10.1. The van der Waals surface area contributed by atoms with Crippen LogP contribution < -0.4 is 0 Å². The first-order chi connectivity index (χ1) is 9.31. The zero-order chi connectivity index (χ0) is 15.2. The molecule has 0 unspecified atom stereocenters. The third-order valence-corrected chi connectivity index (χ3v) is 2.24. The zero-order valence-corrected chi connectivity index (χ0v) is 12.3. The quantitative estimate of drug-likeness (QED) is 0.626. The van der Waals surface area contributed by atoms with Crippen molar-refractivity contribution in [3.63, 3.8) is 0 Å². The van der Waals surface area contributed by atoms with Crippen LogP contribution in [0.1, 0.15) is 43.6 Å². The van der Waals surface area contributed by atoms with Gasteiger partial charge >= 0.3 is 11.9 Å². The molecule has 0 aromatic heterocycles. The Labute approximate surface area is 119 Å². The maximum absolute atomic E-state index is 11.8. The lowest BCUT2D eigenvalue weighted by Gasteiger charge is -2.19. The highest BCUT2D eigenvalue weighted by atomic mass is 16.6. The van der Waals surface area contributed by atoms with Crippen LogP contribution >= 0.6 is 0 Å². The molecule has 0 bridgehead atoms. The molecule has 1 aromatic rings. The predicted octanol–water partition coefficient (Wildman–Crippen LogP) is 3.22. The molecule has 1 aromatic carbocycles. The smallest absolute Gasteiger partial charge is 0.338 e. The second-order valence-corrected chi connectivity index (χ2v) is 5.21. The highest BCUT2D eigenvalue weighted by molar-refractivity contribution is 5.90. The van der Waals surface area contributed by atoms with Crippen LogP contribution in [0.4, 0.5) is 0 Å². The highest BCUT2D eigenvalue weighted by Crippen LogP contribution is 2.13. The molecule has 0 aliphatic heterocycles. The minimum Gasteiger partial charge on any atom is -0.463 e. The molecule has 1 rings (SSSR count). The number of carbonyl (C=O) groups is 2. The number of hydrogen-bond donors (Lipinski definition) is 0. The van der Waals surface area contributed by atoms with Gasteiger partial charge < -0.3 is 9.47 Å². The zero-order valence-electron chi connectivity index (χ0n) is 12.3. The third kappa shape index (κ3) is 5.69. The average Bonchev–Trinajstić information content (AvgIpc) is 2.35. The molecule has 0 aliphatic carbocycles. The van der Waals surface area contributed by atoms with Crippen LogP contribution in [0.5, 0.6) is 0 Å². The van der Waals surface area contributed by atoms with Crippen LogP contribution in [-0.2, 0) is 14.3 Å². The van der Waals surface area contributed by atoms with E-state index in [-0.39, 0.29) is 11.9 Å². The molecule has 0 fully saturated rings. The molecular weight excluding hydrogens is 256 g/mol. The molecule has 108 valence electrons. The summed E-state index contributed by atoms with van der Waals surface area (Å²) in [7, 11) is 0. The second-order valence-electron chi connectivity index (χ2n) is 5.21. The van der Waals surface area contributed by atoms with Gasteiger partial charge in [0.1, 0.15) is 5.60 Å². The summed E-state index contributed by atoms with van der Waals surface area (Å²) in [6, 6.07) is 6.82. The van der Waals surface area contributed by atoms with Crippen molar-refractivity contribution in [3.05, 3.63) is 41.5 Å². The van der Waals surface area contributed by atoms with E-state index in [0.717, 1.165) is 5.56 Å². The largest absolute Gasteiger partial charge is 0.463 e. The number of esters is 2. The Bertz CT molecular complexity index is 492. The molecule has 0 N–H and O–H groups in total. The van der Waals surface area contributed by atoms with E-state index in [1.54, 1.807) is 37.3 Å².